The van der Waals surface area contributed by atoms with Crippen molar-refractivity contribution in [1.82, 2.24) is 25.0 Å². The van der Waals surface area contributed by atoms with Gasteiger partial charge >= 0.3 is 0 Å². The number of benzene rings is 1. The minimum Gasteiger partial charge on any atom is -0.481 e. The summed E-state index contributed by atoms with van der Waals surface area (Å²) in [4.78, 5) is 8.32. The molecule has 112 valence electrons. The van der Waals surface area contributed by atoms with Crippen molar-refractivity contribution >= 4 is 23.4 Å². The van der Waals surface area contributed by atoms with Gasteiger partial charge in [-0.25, -0.2) is 14.6 Å². The molecule has 0 saturated carbocycles. The highest BCUT2D eigenvalue weighted by molar-refractivity contribution is 7.98. The molecule has 0 saturated heterocycles. The van der Waals surface area contributed by atoms with Crippen LogP contribution in [0.2, 0.25) is 5.02 Å². The van der Waals surface area contributed by atoms with E-state index < -0.39 is 0 Å². The SMILES string of the molecule is COc1cc(-c2cc(Cl)ccc2-n2cc(SC)nn2)ncn1. The molecule has 22 heavy (non-hydrogen) atoms. The van der Waals surface area contributed by atoms with Crippen LogP contribution in [-0.4, -0.2) is 38.3 Å². The first-order valence-electron chi connectivity index (χ1n) is 6.34. The zero-order valence-corrected chi connectivity index (χ0v) is 13.5. The summed E-state index contributed by atoms with van der Waals surface area (Å²) < 4.78 is 6.85. The number of rotatable bonds is 4. The maximum Gasteiger partial charge on any atom is 0.216 e. The lowest BCUT2D eigenvalue weighted by molar-refractivity contribution is 0.397. The van der Waals surface area contributed by atoms with Gasteiger partial charge in [-0.05, 0) is 24.5 Å². The summed E-state index contributed by atoms with van der Waals surface area (Å²) in [7, 11) is 1.56. The van der Waals surface area contributed by atoms with E-state index in [0.717, 1.165) is 16.3 Å². The first kappa shape index (κ1) is 14.8. The summed E-state index contributed by atoms with van der Waals surface area (Å²) in [6.07, 6.45) is 5.26. The van der Waals surface area contributed by atoms with Crippen LogP contribution in [0.25, 0.3) is 16.9 Å². The molecule has 0 fully saturated rings. The Hall–Kier alpha value is -2.12. The Bertz CT molecular complexity index is 807. The molecule has 8 heteroatoms. The lowest BCUT2D eigenvalue weighted by Crippen LogP contribution is -2.00. The van der Waals surface area contributed by atoms with E-state index in [1.165, 1.54) is 18.1 Å². The van der Waals surface area contributed by atoms with Crippen molar-refractivity contribution in [3.8, 4) is 22.8 Å². The average molecular weight is 334 g/mol. The Morgan fingerprint density at radius 3 is 2.82 bits per heavy atom. The quantitative estimate of drug-likeness (QED) is 0.683. The minimum absolute atomic E-state index is 0.485. The molecule has 0 radical (unpaired) electrons. The van der Waals surface area contributed by atoms with Crippen LogP contribution in [0.4, 0.5) is 0 Å². The van der Waals surface area contributed by atoms with Crippen LogP contribution in [0.3, 0.4) is 0 Å². The summed E-state index contributed by atoms with van der Waals surface area (Å²) in [6.45, 7) is 0. The van der Waals surface area contributed by atoms with Gasteiger partial charge in [0.2, 0.25) is 5.88 Å². The van der Waals surface area contributed by atoms with Gasteiger partial charge < -0.3 is 4.74 Å². The van der Waals surface area contributed by atoms with E-state index in [9.17, 15) is 0 Å². The van der Waals surface area contributed by atoms with Crippen LogP contribution in [-0.2, 0) is 0 Å². The van der Waals surface area contributed by atoms with Crippen molar-refractivity contribution < 1.29 is 4.74 Å². The molecule has 0 spiro atoms. The maximum absolute atomic E-state index is 6.14. The van der Waals surface area contributed by atoms with Gasteiger partial charge in [0.15, 0.2) is 0 Å². The fourth-order valence-electron chi connectivity index (χ4n) is 1.97. The molecule has 3 rings (SSSR count). The number of methoxy groups -OCH3 is 1. The lowest BCUT2D eigenvalue weighted by atomic mass is 10.1. The predicted molar refractivity (Wildman–Crippen MR) is 85.7 cm³/mol. The van der Waals surface area contributed by atoms with Gasteiger partial charge in [-0.15, -0.1) is 16.9 Å². The second kappa shape index (κ2) is 6.33. The van der Waals surface area contributed by atoms with Crippen molar-refractivity contribution in [2.45, 2.75) is 5.03 Å². The highest BCUT2D eigenvalue weighted by Crippen LogP contribution is 2.29. The fourth-order valence-corrected chi connectivity index (χ4v) is 2.47. The molecule has 2 heterocycles. The van der Waals surface area contributed by atoms with Crippen LogP contribution < -0.4 is 4.74 Å². The lowest BCUT2D eigenvalue weighted by Gasteiger charge is -2.09. The van der Waals surface area contributed by atoms with Gasteiger partial charge in [0, 0.05) is 16.7 Å². The van der Waals surface area contributed by atoms with Crippen LogP contribution in [0.5, 0.6) is 5.88 Å². The predicted octanol–water partition coefficient (Wildman–Crippen LogP) is 3.11. The summed E-state index contributed by atoms with van der Waals surface area (Å²) in [5.74, 6) is 0.485. The monoisotopic (exact) mass is 333 g/mol. The summed E-state index contributed by atoms with van der Waals surface area (Å²) >= 11 is 7.67. The topological polar surface area (TPSA) is 65.7 Å². The highest BCUT2D eigenvalue weighted by atomic mass is 35.5. The number of nitrogens with zero attached hydrogens (tertiary/aromatic N) is 5. The molecule has 6 nitrogen and oxygen atoms in total. The molecule has 0 aliphatic rings. The van der Waals surface area contributed by atoms with E-state index in [-0.39, 0.29) is 0 Å². The molecule has 0 amide bonds. The number of ether oxygens (including phenoxy) is 1. The third-order valence-electron chi connectivity index (χ3n) is 3.01. The van der Waals surface area contributed by atoms with Gasteiger partial charge in [0.25, 0.3) is 0 Å². The van der Waals surface area contributed by atoms with Gasteiger partial charge in [-0.2, -0.15) is 0 Å². The van der Waals surface area contributed by atoms with Crippen molar-refractivity contribution in [2.75, 3.05) is 13.4 Å². The van der Waals surface area contributed by atoms with Crippen molar-refractivity contribution in [1.29, 1.82) is 0 Å². The normalized spacial score (nSPS) is 10.7. The van der Waals surface area contributed by atoms with E-state index in [0.29, 0.717) is 16.6 Å². The number of hydrogen-bond acceptors (Lipinski definition) is 6. The number of aromatic nitrogens is 5. The molecular formula is C14H12ClN5OS. The Labute approximate surface area is 136 Å². The Morgan fingerprint density at radius 1 is 1.23 bits per heavy atom. The molecule has 3 aromatic rings. The van der Waals surface area contributed by atoms with E-state index in [4.69, 9.17) is 16.3 Å². The summed E-state index contributed by atoms with van der Waals surface area (Å²) in [5.41, 5.74) is 2.36. The summed E-state index contributed by atoms with van der Waals surface area (Å²) in [5, 5.41) is 9.68. The maximum atomic E-state index is 6.14. The number of thioether (sulfide) groups is 1. The summed E-state index contributed by atoms with van der Waals surface area (Å²) in [6, 6.07) is 7.27. The van der Waals surface area contributed by atoms with Crippen LogP contribution in [0.15, 0.2) is 41.8 Å². The molecule has 0 unspecified atom stereocenters. The van der Waals surface area contributed by atoms with Crippen molar-refractivity contribution in [2.24, 2.45) is 0 Å². The molecule has 0 aliphatic carbocycles. The third kappa shape index (κ3) is 2.90. The minimum atomic E-state index is 0.485. The fraction of sp³-hybridized carbons (Fsp3) is 0.143. The van der Waals surface area contributed by atoms with E-state index in [1.807, 2.05) is 24.6 Å². The molecule has 0 aliphatic heterocycles. The van der Waals surface area contributed by atoms with E-state index in [1.54, 1.807) is 23.9 Å². The molecule has 0 bridgehead atoms. The smallest absolute Gasteiger partial charge is 0.216 e. The average Bonchev–Trinajstić information content (AvgIpc) is 3.03. The standard InChI is InChI=1S/C14H12ClN5OS/c1-21-13-6-11(16-8-17-13)10-5-9(15)3-4-12(10)20-7-14(22-2)18-19-20/h3-8H,1-2H3. The molecule has 1 aromatic carbocycles. The zero-order valence-electron chi connectivity index (χ0n) is 11.9. The van der Waals surface area contributed by atoms with Gasteiger partial charge in [-0.1, -0.05) is 16.8 Å². The van der Waals surface area contributed by atoms with Crippen molar-refractivity contribution in [3.63, 3.8) is 0 Å². The highest BCUT2D eigenvalue weighted by Gasteiger charge is 2.12. The zero-order chi connectivity index (χ0) is 15.5. The van der Waals surface area contributed by atoms with Crippen LogP contribution in [0, 0.1) is 0 Å². The molecule has 0 N–H and O–H groups in total. The molecule has 0 atom stereocenters. The van der Waals surface area contributed by atoms with Gasteiger partial charge in [-0.3, -0.25) is 0 Å². The first-order chi connectivity index (χ1) is 10.7. The Balaban J connectivity index is 2.15. The second-order valence-electron chi connectivity index (χ2n) is 4.31. The molecule has 2 aromatic heterocycles. The van der Waals surface area contributed by atoms with Gasteiger partial charge in [0.1, 0.15) is 11.4 Å². The third-order valence-corrected chi connectivity index (χ3v) is 3.85. The Morgan fingerprint density at radius 2 is 2.09 bits per heavy atom. The van der Waals surface area contributed by atoms with E-state index in [2.05, 4.69) is 20.3 Å². The van der Waals surface area contributed by atoms with E-state index >= 15 is 0 Å². The number of hydrogen-bond donors (Lipinski definition) is 0. The first-order valence-corrected chi connectivity index (χ1v) is 7.94. The van der Waals surface area contributed by atoms with Crippen LogP contribution in [0.1, 0.15) is 0 Å². The van der Waals surface area contributed by atoms with Gasteiger partial charge in [0.05, 0.1) is 24.7 Å². The number of halogens is 1. The largest absolute Gasteiger partial charge is 0.481 e. The second-order valence-corrected chi connectivity index (χ2v) is 5.58. The van der Waals surface area contributed by atoms with Crippen LogP contribution >= 0.6 is 23.4 Å². The Kier molecular flexibility index (Phi) is 4.26. The molecular weight excluding hydrogens is 322 g/mol. The van der Waals surface area contributed by atoms with Crippen molar-refractivity contribution in [3.05, 3.63) is 41.8 Å².